The molecule has 2 aromatic rings. The molecule has 0 amide bonds. The smallest absolute Gasteiger partial charge is 0.126 e. The van der Waals surface area contributed by atoms with Crippen molar-refractivity contribution in [2.75, 3.05) is 7.11 Å². The number of allylic oxidation sites excluding steroid dienone is 4. The van der Waals surface area contributed by atoms with Gasteiger partial charge in [0, 0.05) is 5.56 Å². The van der Waals surface area contributed by atoms with Crippen LogP contribution in [0.25, 0.3) is 11.1 Å². The van der Waals surface area contributed by atoms with E-state index >= 15 is 0 Å². The number of ether oxygens (including phenoxy) is 1. The Labute approximate surface area is 146 Å². The van der Waals surface area contributed by atoms with Gasteiger partial charge >= 0.3 is 0 Å². The van der Waals surface area contributed by atoms with Gasteiger partial charge in [0.25, 0.3) is 0 Å². The van der Waals surface area contributed by atoms with Crippen molar-refractivity contribution < 1.29 is 4.74 Å². The first kappa shape index (κ1) is 16.8. The Bertz CT molecular complexity index is 813. The van der Waals surface area contributed by atoms with E-state index in [1.165, 1.54) is 27.5 Å². The SMILES string of the molecule is COc1c(-c2ccccc2)cc(C)cc1[Si](C)(C)C1=C(C)C=CC1. The van der Waals surface area contributed by atoms with Crippen LogP contribution in [0.15, 0.2) is 65.4 Å². The van der Waals surface area contributed by atoms with Gasteiger partial charge in [-0.2, -0.15) is 0 Å². The van der Waals surface area contributed by atoms with Crippen molar-refractivity contribution in [1.82, 2.24) is 0 Å². The molecule has 0 radical (unpaired) electrons. The zero-order valence-electron chi connectivity index (χ0n) is 15.3. The molecule has 0 saturated heterocycles. The molecule has 0 atom stereocenters. The lowest BCUT2D eigenvalue weighted by Gasteiger charge is -2.29. The molecule has 0 saturated carbocycles. The van der Waals surface area contributed by atoms with Crippen LogP contribution in [0, 0.1) is 6.92 Å². The van der Waals surface area contributed by atoms with Crippen LogP contribution in [0.2, 0.25) is 13.1 Å². The van der Waals surface area contributed by atoms with Crippen molar-refractivity contribution in [2.24, 2.45) is 0 Å². The third-order valence-corrected chi connectivity index (χ3v) is 8.94. The Morgan fingerprint density at radius 3 is 2.29 bits per heavy atom. The summed E-state index contributed by atoms with van der Waals surface area (Å²) in [6, 6.07) is 15.2. The van der Waals surface area contributed by atoms with Gasteiger partial charge in [0.2, 0.25) is 0 Å². The van der Waals surface area contributed by atoms with Gasteiger partial charge in [-0.25, -0.2) is 0 Å². The lowest BCUT2D eigenvalue weighted by Crippen LogP contribution is -2.45. The van der Waals surface area contributed by atoms with Gasteiger partial charge in [-0.3, -0.25) is 0 Å². The number of rotatable bonds is 4. The van der Waals surface area contributed by atoms with Gasteiger partial charge in [-0.15, -0.1) is 0 Å². The van der Waals surface area contributed by atoms with E-state index in [0.29, 0.717) is 0 Å². The van der Waals surface area contributed by atoms with Gasteiger partial charge in [0.1, 0.15) is 13.8 Å². The van der Waals surface area contributed by atoms with Crippen molar-refractivity contribution in [2.45, 2.75) is 33.4 Å². The van der Waals surface area contributed by atoms with E-state index in [1.54, 1.807) is 12.3 Å². The Kier molecular flexibility index (Phi) is 4.51. The molecule has 0 aliphatic heterocycles. The van der Waals surface area contributed by atoms with Gasteiger partial charge in [-0.1, -0.05) is 78.0 Å². The van der Waals surface area contributed by atoms with Crippen molar-refractivity contribution in [1.29, 1.82) is 0 Å². The van der Waals surface area contributed by atoms with Gasteiger partial charge in [0.15, 0.2) is 0 Å². The van der Waals surface area contributed by atoms with E-state index in [1.807, 2.05) is 0 Å². The molecule has 3 rings (SSSR count). The van der Waals surface area contributed by atoms with E-state index in [-0.39, 0.29) is 0 Å². The second-order valence-electron chi connectivity index (χ2n) is 7.15. The molecule has 0 heterocycles. The highest BCUT2D eigenvalue weighted by molar-refractivity contribution is 6.96. The topological polar surface area (TPSA) is 9.23 Å². The Balaban J connectivity index is 2.22. The predicted molar refractivity (Wildman–Crippen MR) is 107 cm³/mol. The van der Waals surface area contributed by atoms with Crippen LogP contribution < -0.4 is 9.92 Å². The first-order chi connectivity index (χ1) is 11.4. The quantitative estimate of drug-likeness (QED) is 0.680. The van der Waals surface area contributed by atoms with E-state index < -0.39 is 8.07 Å². The average molecular weight is 335 g/mol. The summed E-state index contributed by atoms with van der Waals surface area (Å²) in [5.41, 5.74) is 5.17. The second kappa shape index (κ2) is 6.44. The van der Waals surface area contributed by atoms with Gasteiger partial charge in [0.05, 0.1) is 7.11 Å². The fourth-order valence-electron chi connectivity index (χ4n) is 3.82. The van der Waals surface area contributed by atoms with Crippen LogP contribution in [-0.2, 0) is 0 Å². The van der Waals surface area contributed by atoms with Crippen LogP contribution in [0.1, 0.15) is 18.9 Å². The molecule has 0 unspecified atom stereocenters. The van der Waals surface area contributed by atoms with E-state index in [4.69, 9.17) is 4.74 Å². The minimum absolute atomic E-state index is 1.05. The highest BCUT2D eigenvalue weighted by Crippen LogP contribution is 2.35. The molecule has 1 aliphatic carbocycles. The molecule has 0 bridgehead atoms. The van der Waals surface area contributed by atoms with E-state index in [2.05, 4.69) is 81.6 Å². The Hall–Kier alpha value is -2.06. The molecule has 2 aromatic carbocycles. The summed E-state index contributed by atoms with van der Waals surface area (Å²) in [4.78, 5) is 0. The number of hydrogen-bond acceptors (Lipinski definition) is 1. The summed E-state index contributed by atoms with van der Waals surface area (Å²) in [6.07, 6.45) is 5.65. The lowest BCUT2D eigenvalue weighted by atomic mass is 10.0. The van der Waals surface area contributed by atoms with Crippen molar-refractivity contribution in [3.05, 3.63) is 70.9 Å². The standard InChI is InChI=1S/C22H26OSi/c1-16-14-19(18-11-7-6-8-12-18)22(23-3)21(15-16)24(4,5)20-13-9-10-17(20)2/h6-12,14-15H,13H2,1-5H3. The molecule has 24 heavy (non-hydrogen) atoms. The maximum absolute atomic E-state index is 5.96. The van der Waals surface area contributed by atoms with E-state index in [0.717, 1.165) is 12.2 Å². The first-order valence-corrected chi connectivity index (χ1v) is 11.6. The molecular weight excluding hydrogens is 308 g/mol. The monoisotopic (exact) mass is 334 g/mol. The summed E-state index contributed by atoms with van der Waals surface area (Å²) < 4.78 is 5.96. The minimum atomic E-state index is -1.78. The molecule has 0 fully saturated rings. The van der Waals surface area contributed by atoms with E-state index in [9.17, 15) is 0 Å². The maximum atomic E-state index is 5.96. The summed E-state index contributed by atoms with van der Waals surface area (Å²) in [5.74, 6) is 1.05. The van der Waals surface area contributed by atoms with Crippen molar-refractivity contribution in [3.8, 4) is 16.9 Å². The third kappa shape index (κ3) is 2.87. The molecule has 0 aromatic heterocycles. The molecule has 0 spiro atoms. The molecule has 1 nitrogen and oxygen atoms in total. The van der Waals surface area contributed by atoms with Gasteiger partial charge < -0.3 is 4.74 Å². The summed E-state index contributed by atoms with van der Waals surface area (Å²) >= 11 is 0. The second-order valence-corrected chi connectivity index (χ2v) is 11.5. The predicted octanol–water partition coefficient (Wildman–Crippen LogP) is 5.40. The minimum Gasteiger partial charge on any atom is -0.496 e. The zero-order chi connectivity index (χ0) is 17.3. The highest BCUT2D eigenvalue weighted by Gasteiger charge is 2.34. The highest BCUT2D eigenvalue weighted by atomic mass is 28.3. The fraction of sp³-hybridized carbons (Fsp3) is 0.273. The molecule has 124 valence electrons. The lowest BCUT2D eigenvalue weighted by molar-refractivity contribution is 0.419. The zero-order valence-corrected chi connectivity index (χ0v) is 16.3. The van der Waals surface area contributed by atoms with Crippen LogP contribution >= 0.6 is 0 Å². The Morgan fingerprint density at radius 1 is 1.00 bits per heavy atom. The van der Waals surface area contributed by atoms with Crippen molar-refractivity contribution >= 4 is 13.3 Å². The van der Waals surface area contributed by atoms with Crippen LogP contribution in [0.5, 0.6) is 5.75 Å². The van der Waals surface area contributed by atoms with Crippen LogP contribution in [0.3, 0.4) is 0 Å². The largest absolute Gasteiger partial charge is 0.496 e. The maximum Gasteiger partial charge on any atom is 0.126 e. The first-order valence-electron chi connectivity index (χ1n) is 8.56. The number of hydrogen-bond donors (Lipinski definition) is 0. The fourth-order valence-corrected chi connectivity index (χ4v) is 7.23. The molecule has 1 aliphatic rings. The molecule has 0 N–H and O–H groups in total. The molecule has 2 heteroatoms. The summed E-state index contributed by atoms with van der Waals surface area (Å²) in [7, 11) is 0.0263. The average Bonchev–Trinajstić information content (AvgIpc) is 3.01. The normalized spacial score (nSPS) is 14.4. The van der Waals surface area contributed by atoms with Gasteiger partial charge in [-0.05, 0) is 37.1 Å². The van der Waals surface area contributed by atoms with Crippen molar-refractivity contribution in [3.63, 3.8) is 0 Å². The van der Waals surface area contributed by atoms with Crippen LogP contribution in [-0.4, -0.2) is 15.2 Å². The summed E-state index contributed by atoms with van der Waals surface area (Å²) in [6.45, 7) is 9.33. The summed E-state index contributed by atoms with van der Waals surface area (Å²) in [5, 5.41) is 3.02. The number of aryl methyl sites for hydroxylation is 1. The number of methoxy groups -OCH3 is 1. The molecular formula is C22H26OSi. The number of benzene rings is 2. The van der Waals surface area contributed by atoms with Crippen LogP contribution in [0.4, 0.5) is 0 Å². The Morgan fingerprint density at radius 2 is 1.71 bits per heavy atom. The third-order valence-electron chi connectivity index (χ3n) is 5.12.